The Bertz CT molecular complexity index is 350. The summed E-state index contributed by atoms with van der Waals surface area (Å²) in [5.41, 5.74) is 2.57. The molecule has 0 aromatic carbocycles. The smallest absolute Gasteiger partial charge is 0.144 e. The first-order valence-electron chi connectivity index (χ1n) is 5.73. The van der Waals surface area contributed by atoms with E-state index in [1.54, 1.807) is 0 Å². The topological polar surface area (TPSA) is 63.8 Å². The van der Waals surface area contributed by atoms with Gasteiger partial charge in [0.05, 0.1) is 0 Å². The third kappa shape index (κ3) is 3.09. The van der Waals surface area contributed by atoms with Crippen LogP contribution < -0.4 is 11.3 Å². The highest BCUT2D eigenvalue weighted by atomic mass is 32.2. The lowest BCUT2D eigenvalue weighted by molar-refractivity contribution is 0.622. The van der Waals surface area contributed by atoms with E-state index >= 15 is 0 Å². The van der Waals surface area contributed by atoms with Crippen molar-refractivity contribution in [1.82, 2.24) is 9.97 Å². The Balaban J connectivity index is 1.94. The predicted molar refractivity (Wildman–Crippen MR) is 67.3 cm³/mol. The number of thioether (sulfide) groups is 1. The molecule has 0 atom stereocenters. The maximum atomic E-state index is 5.36. The van der Waals surface area contributed by atoms with Gasteiger partial charge in [0, 0.05) is 11.8 Å². The number of aromatic nitrogens is 2. The molecule has 1 aromatic rings. The molecule has 0 unspecified atom stereocenters. The van der Waals surface area contributed by atoms with Crippen molar-refractivity contribution in [2.24, 2.45) is 11.8 Å². The second kappa shape index (κ2) is 5.50. The van der Waals surface area contributed by atoms with Gasteiger partial charge in [0.25, 0.3) is 0 Å². The lowest BCUT2D eigenvalue weighted by Gasteiger charge is -2.09. The quantitative estimate of drug-likeness (QED) is 0.365. The molecule has 4 nitrogen and oxygen atoms in total. The summed E-state index contributed by atoms with van der Waals surface area (Å²) in [6, 6.07) is 1.91. The average molecular weight is 238 g/mol. The van der Waals surface area contributed by atoms with E-state index in [4.69, 9.17) is 5.84 Å². The fraction of sp³-hybridized carbons (Fsp3) is 0.636. The number of hydrazine groups is 1. The van der Waals surface area contributed by atoms with Crippen molar-refractivity contribution in [2.45, 2.75) is 37.6 Å². The van der Waals surface area contributed by atoms with Crippen molar-refractivity contribution in [2.75, 3.05) is 11.2 Å². The molecule has 0 amide bonds. The standard InChI is InChI=1S/C11H18N4S/c1-8-13-10(15-12)6-11(14-8)16-7-9-4-2-3-5-9/h6,9H,2-5,7,12H2,1H3,(H,13,14,15). The summed E-state index contributed by atoms with van der Waals surface area (Å²) in [4.78, 5) is 8.57. The molecule has 5 heteroatoms. The van der Waals surface area contributed by atoms with Gasteiger partial charge in [-0.1, -0.05) is 12.8 Å². The third-order valence-electron chi connectivity index (χ3n) is 2.90. The number of nitrogens with zero attached hydrogens (tertiary/aromatic N) is 2. The molecule has 88 valence electrons. The first kappa shape index (κ1) is 11.7. The maximum absolute atomic E-state index is 5.36. The molecule has 0 spiro atoms. The highest BCUT2D eigenvalue weighted by Gasteiger charge is 2.15. The van der Waals surface area contributed by atoms with Gasteiger partial charge in [0.1, 0.15) is 16.7 Å². The van der Waals surface area contributed by atoms with E-state index in [-0.39, 0.29) is 0 Å². The van der Waals surface area contributed by atoms with Crippen LogP contribution in [0.1, 0.15) is 31.5 Å². The Morgan fingerprint density at radius 3 is 2.88 bits per heavy atom. The first-order chi connectivity index (χ1) is 7.78. The van der Waals surface area contributed by atoms with Gasteiger partial charge in [-0.25, -0.2) is 15.8 Å². The number of nitrogen functional groups attached to an aromatic ring is 1. The van der Waals surface area contributed by atoms with E-state index in [2.05, 4.69) is 15.4 Å². The van der Waals surface area contributed by atoms with Crippen LogP contribution in [0.4, 0.5) is 5.82 Å². The van der Waals surface area contributed by atoms with Crippen LogP contribution in [0, 0.1) is 12.8 Å². The van der Waals surface area contributed by atoms with Crippen molar-refractivity contribution >= 4 is 17.6 Å². The molecule has 0 bridgehead atoms. The van der Waals surface area contributed by atoms with Gasteiger partial charge in [-0.05, 0) is 25.7 Å². The van der Waals surface area contributed by atoms with E-state index in [1.165, 1.54) is 31.4 Å². The summed E-state index contributed by atoms with van der Waals surface area (Å²) < 4.78 is 0. The molecular weight excluding hydrogens is 220 g/mol. The number of aryl methyl sites for hydroxylation is 1. The minimum Gasteiger partial charge on any atom is -0.308 e. The van der Waals surface area contributed by atoms with E-state index < -0.39 is 0 Å². The predicted octanol–water partition coefficient (Wildman–Crippen LogP) is 2.35. The number of hydrogen-bond acceptors (Lipinski definition) is 5. The molecule has 1 heterocycles. The highest BCUT2D eigenvalue weighted by Crippen LogP contribution is 2.30. The van der Waals surface area contributed by atoms with Gasteiger partial charge in [-0.15, -0.1) is 11.8 Å². The lowest BCUT2D eigenvalue weighted by Crippen LogP contribution is -2.10. The minimum atomic E-state index is 0.696. The van der Waals surface area contributed by atoms with Crippen LogP contribution in [-0.4, -0.2) is 15.7 Å². The number of nitrogens with one attached hydrogen (secondary N) is 1. The van der Waals surface area contributed by atoms with Crippen molar-refractivity contribution in [3.8, 4) is 0 Å². The molecule has 3 N–H and O–H groups in total. The zero-order chi connectivity index (χ0) is 11.4. The summed E-state index contributed by atoms with van der Waals surface area (Å²) >= 11 is 1.81. The molecular formula is C11H18N4S. The molecule has 0 radical (unpaired) electrons. The van der Waals surface area contributed by atoms with Crippen molar-refractivity contribution < 1.29 is 0 Å². The first-order valence-corrected chi connectivity index (χ1v) is 6.71. The Morgan fingerprint density at radius 2 is 2.19 bits per heavy atom. The van der Waals surface area contributed by atoms with Crippen LogP contribution in [0.3, 0.4) is 0 Å². The van der Waals surface area contributed by atoms with E-state index in [0.29, 0.717) is 5.82 Å². The van der Waals surface area contributed by atoms with E-state index in [1.807, 2.05) is 24.8 Å². The Labute approximate surface area is 100 Å². The normalized spacial score (nSPS) is 16.6. The Kier molecular flexibility index (Phi) is 4.01. The summed E-state index contributed by atoms with van der Waals surface area (Å²) in [7, 11) is 0. The average Bonchev–Trinajstić information content (AvgIpc) is 2.78. The van der Waals surface area contributed by atoms with Gasteiger partial charge < -0.3 is 5.43 Å². The molecule has 1 aromatic heterocycles. The number of anilines is 1. The fourth-order valence-corrected chi connectivity index (χ4v) is 3.20. The van der Waals surface area contributed by atoms with Crippen LogP contribution in [0.25, 0.3) is 0 Å². The van der Waals surface area contributed by atoms with Crippen LogP contribution in [0.15, 0.2) is 11.1 Å². The van der Waals surface area contributed by atoms with Crippen molar-refractivity contribution in [3.63, 3.8) is 0 Å². The van der Waals surface area contributed by atoms with E-state index in [9.17, 15) is 0 Å². The molecule has 0 aliphatic heterocycles. The van der Waals surface area contributed by atoms with Crippen molar-refractivity contribution in [1.29, 1.82) is 0 Å². The fourth-order valence-electron chi connectivity index (χ4n) is 2.07. The van der Waals surface area contributed by atoms with Gasteiger partial charge in [-0.2, -0.15) is 0 Å². The summed E-state index contributed by atoms with van der Waals surface area (Å²) in [5, 5.41) is 1.02. The number of nitrogens with two attached hydrogens (primary N) is 1. The molecule has 1 fully saturated rings. The Morgan fingerprint density at radius 1 is 1.44 bits per heavy atom. The highest BCUT2D eigenvalue weighted by molar-refractivity contribution is 7.99. The largest absolute Gasteiger partial charge is 0.308 e. The molecule has 0 saturated heterocycles. The SMILES string of the molecule is Cc1nc(NN)cc(SCC2CCCC2)n1. The van der Waals surface area contributed by atoms with Crippen LogP contribution in [0.2, 0.25) is 0 Å². The second-order valence-corrected chi connectivity index (χ2v) is 5.28. The van der Waals surface area contributed by atoms with Gasteiger partial charge in [0.15, 0.2) is 0 Å². The Hall–Kier alpha value is -0.810. The van der Waals surface area contributed by atoms with Gasteiger partial charge in [0.2, 0.25) is 0 Å². The molecule has 1 aliphatic carbocycles. The third-order valence-corrected chi connectivity index (χ3v) is 4.05. The van der Waals surface area contributed by atoms with Crippen molar-refractivity contribution in [3.05, 3.63) is 11.9 Å². The minimum absolute atomic E-state index is 0.696. The zero-order valence-corrected chi connectivity index (χ0v) is 10.4. The lowest BCUT2D eigenvalue weighted by atomic mass is 10.1. The molecule has 16 heavy (non-hydrogen) atoms. The maximum Gasteiger partial charge on any atom is 0.144 e. The second-order valence-electron chi connectivity index (χ2n) is 4.24. The molecule has 1 saturated carbocycles. The summed E-state index contributed by atoms with van der Waals surface area (Å²) in [6.45, 7) is 1.89. The zero-order valence-electron chi connectivity index (χ0n) is 9.57. The van der Waals surface area contributed by atoms with Crippen LogP contribution in [-0.2, 0) is 0 Å². The van der Waals surface area contributed by atoms with E-state index in [0.717, 1.165) is 16.8 Å². The summed E-state index contributed by atoms with van der Waals surface area (Å²) in [6.07, 6.45) is 5.53. The number of rotatable bonds is 4. The molecule has 1 aliphatic rings. The summed E-state index contributed by atoms with van der Waals surface area (Å²) in [5.74, 6) is 8.86. The van der Waals surface area contributed by atoms with Gasteiger partial charge >= 0.3 is 0 Å². The van der Waals surface area contributed by atoms with Crippen LogP contribution in [0.5, 0.6) is 0 Å². The van der Waals surface area contributed by atoms with Crippen LogP contribution >= 0.6 is 11.8 Å². The number of hydrogen-bond donors (Lipinski definition) is 2. The van der Waals surface area contributed by atoms with Gasteiger partial charge in [-0.3, -0.25) is 0 Å². The monoisotopic (exact) mass is 238 g/mol. The molecule has 2 rings (SSSR count).